The molecule has 0 aliphatic rings. The third-order valence-electron chi connectivity index (χ3n) is 4.01. The molecule has 0 atom stereocenters. The van der Waals surface area contributed by atoms with Gasteiger partial charge in [0.2, 0.25) is 0 Å². The molecule has 7 nitrogen and oxygen atoms in total. The number of hydrogen-bond acceptors (Lipinski definition) is 6. The molecule has 162 valence electrons. The Kier molecular flexibility index (Phi) is 9.00. The van der Waals surface area contributed by atoms with Crippen LogP contribution in [0, 0.1) is 0 Å². The maximum Gasteiger partial charge on any atom is 0.416 e. The molecule has 30 heavy (non-hydrogen) atoms. The van der Waals surface area contributed by atoms with Crippen LogP contribution in [-0.4, -0.2) is 42.2 Å². The third-order valence-corrected chi connectivity index (χ3v) is 4.01. The Morgan fingerprint density at radius 3 is 2.40 bits per heavy atom. The topological polar surface area (TPSA) is 107 Å². The Morgan fingerprint density at radius 2 is 1.80 bits per heavy atom. The molecule has 0 fully saturated rings. The fourth-order valence-corrected chi connectivity index (χ4v) is 2.57. The van der Waals surface area contributed by atoms with Crippen LogP contribution in [0.3, 0.4) is 0 Å². The fourth-order valence-electron chi connectivity index (χ4n) is 2.57. The molecule has 2 aromatic carbocycles. The molecule has 0 radical (unpaired) electrons. The number of halogens is 3. The number of benzene rings is 2. The molecule has 3 N–H and O–H groups in total. The summed E-state index contributed by atoms with van der Waals surface area (Å²) in [7, 11) is 2.87. The van der Waals surface area contributed by atoms with E-state index < -0.39 is 11.7 Å². The average Bonchev–Trinajstić information content (AvgIpc) is 2.72. The minimum atomic E-state index is -4.43. The summed E-state index contributed by atoms with van der Waals surface area (Å²) >= 11 is 0. The van der Waals surface area contributed by atoms with E-state index in [1.807, 2.05) is 0 Å². The zero-order valence-corrected chi connectivity index (χ0v) is 16.6. The summed E-state index contributed by atoms with van der Waals surface area (Å²) in [5.74, 6) is -0.0661. The van der Waals surface area contributed by atoms with Crippen LogP contribution < -0.4 is 0 Å². The van der Waals surface area contributed by atoms with Gasteiger partial charge in [0, 0.05) is 18.2 Å². The lowest BCUT2D eigenvalue weighted by Gasteiger charge is -2.12. The standard InChI is InChI=1S/C20H20F3N3O3.H2O/c1-13(14-8-6-9-16(11-14)20(21,22)23)26-29-12-15-7-4-5-10-17(15)18(24-2)19(25-27)28-3;/h4-11,27H,12H2,1-3H3;1H2/b24-18?,25-19?,26-13+;. The van der Waals surface area contributed by atoms with Crippen molar-refractivity contribution in [3.63, 3.8) is 0 Å². The largest absolute Gasteiger partial charge is 0.477 e. The van der Waals surface area contributed by atoms with Crippen molar-refractivity contribution < 1.29 is 33.4 Å². The van der Waals surface area contributed by atoms with Gasteiger partial charge < -0.3 is 20.3 Å². The first-order valence-corrected chi connectivity index (χ1v) is 8.47. The number of hydrogen-bond donors (Lipinski definition) is 1. The van der Waals surface area contributed by atoms with Gasteiger partial charge in [-0.2, -0.15) is 13.2 Å². The maximum absolute atomic E-state index is 12.9. The molecule has 10 heteroatoms. The lowest BCUT2D eigenvalue weighted by Crippen LogP contribution is -2.19. The van der Waals surface area contributed by atoms with E-state index in [4.69, 9.17) is 14.8 Å². The molecular formula is C20H22F3N3O4. The minimum Gasteiger partial charge on any atom is -0.477 e. The monoisotopic (exact) mass is 425 g/mol. The quantitative estimate of drug-likeness (QED) is 0.330. The highest BCUT2D eigenvalue weighted by molar-refractivity contribution is 6.45. The molecule has 0 spiro atoms. The molecule has 0 saturated heterocycles. The molecular weight excluding hydrogens is 403 g/mol. The molecule has 2 aromatic rings. The molecule has 0 saturated carbocycles. The van der Waals surface area contributed by atoms with Gasteiger partial charge in [-0.3, -0.25) is 4.99 Å². The number of aliphatic imine (C=N–C) groups is 1. The lowest BCUT2D eigenvalue weighted by atomic mass is 10.0. The van der Waals surface area contributed by atoms with E-state index in [0.717, 1.165) is 12.1 Å². The van der Waals surface area contributed by atoms with E-state index >= 15 is 0 Å². The summed E-state index contributed by atoms with van der Waals surface area (Å²) in [5.41, 5.74) is 1.44. The zero-order valence-electron chi connectivity index (χ0n) is 16.6. The third kappa shape index (κ3) is 6.05. The van der Waals surface area contributed by atoms with E-state index in [1.54, 1.807) is 31.2 Å². The first kappa shape index (κ1) is 24.6. The van der Waals surface area contributed by atoms with Crippen molar-refractivity contribution in [2.75, 3.05) is 14.2 Å². The first-order chi connectivity index (χ1) is 13.8. The van der Waals surface area contributed by atoms with E-state index in [1.165, 1.54) is 26.3 Å². The van der Waals surface area contributed by atoms with Crippen molar-refractivity contribution in [3.8, 4) is 0 Å². The second-order valence-corrected chi connectivity index (χ2v) is 5.87. The van der Waals surface area contributed by atoms with E-state index in [9.17, 15) is 13.2 Å². The van der Waals surface area contributed by atoms with Crippen LogP contribution in [0.2, 0.25) is 0 Å². The summed E-state index contributed by atoms with van der Waals surface area (Å²) in [6.45, 7) is 1.58. The van der Waals surface area contributed by atoms with Gasteiger partial charge in [0.05, 0.1) is 18.4 Å². The summed E-state index contributed by atoms with van der Waals surface area (Å²) in [5, 5.41) is 16.1. The van der Waals surface area contributed by atoms with Crippen LogP contribution >= 0.6 is 0 Å². The highest BCUT2D eigenvalue weighted by Gasteiger charge is 2.30. The average molecular weight is 425 g/mol. The molecule has 2 rings (SSSR count). The Balaban J connectivity index is 0.00000450. The molecule has 0 aromatic heterocycles. The van der Waals surface area contributed by atoms with Crippen LogP contribution in [0.5, 0.6) is 0 Å². The zero-order chi connectivity index (χ0) is 21.4. The van der Waals surface area contributed by atoms with Gasteiger partial charge in [0.15, 0.2) is 0 Å². The molecule has 0 bridgehead atoms. The second-order valence-electron chi connectivity index (χ2n) is 5.87. The predicted molar refractivity (Wildman–Crippen MR) is 107 cm³/mol. The van der Waals surface area contributed by atoms with Crippen LogP contribution in [0.15, 0.2) is 63.8 Å². The maximum atomic E-state index is 12.9. The number of nitrogens with zero attached hydrogens (tertiary/aromatic N) is 3. The van der Waals surface area contributed by atoms with Gasteiger partial charge >= 0.3 is 6.18 Å². The Morgan fingerprint density at radius 1 is 1.10 bits per heavy atom. The van der Waals surface area contributed by atoms with E-state index in [-0.39, 0.29) is 18.0 Å². The summed E-state index contributed by atoms with van der Waals surface area (Å²) in [6, 6.07) is 11.9. The van der Waals surface area contributed by atoms with Gasteiger partial charge in [-0.25, -0.2) is 0 Å². The smallest absolute Gasteiger partial charge is 0.416 e. The van der Waals surface area contributed by atoms with Gasteiger partial charge in [0.1, 0.15) is 12.3 Å². The fraction of sp³-hybridized carbons (Fsp3) is 0.250. The number of methoxy groups -OCH3 is 1. The number of oxime groups is 2. The summed E-state index contributed by atoms with van der Waals surface area (Å²) < 4.78 is 43.6. The molecule has 0 amide bonds. The number of alkyl halides is 3. The van der Waals surface area contributed by atoms with Crippen molar-refractivity contribution in [2.24, 2.45) is 15.3 Å². The predicted octanol–water partition coefficient (Wildman–Crippen LogP) is 3.67. The van der Waals surface area contributed by atoms with Crippen molar-refractivity contribution in [1.29, 1.82) is 0 Å². The molecule has 0 aliphatic carbocycles. The van der Waals surface area contributed by atoms with Crippen LogP contribution in [-0.2, 0) is 22.4 Å². The highest BCUT2D eigenvalue weighted by atomic mass is 19.4. The molecule has 0 unspecified atom stereocenters. The summed E-state index contributed by atoms with van der Waals surface area (Å²) in [4.78, 5) is 9.44. The van der Waals surface area contributed by atoms with Gasteiger partial charge in [-0.15, -0.1) is 0 Å². The number of ether oxygens (including phenoxy) is 1. The normalized spacial score (nSPS) is 12.9. The van der Waals surface area contributed by atoms with Crippen molar-refractivity contribution in [2.45, 2.75) is 19.7 Å². The van der Waals surface area contributed by atoms with Gasteiger partial charge in [-0.1, -0.05) is 41.6 Å². The minimum absolute atomic E-state index is 0. The highest BCUT2D eigenvalue weighted by Crippen LogP contribution is 2.29. The van der Waals surface area contributed by atoms with E-state index in [0.29, 0.717) is 28.1 Å². The number of rotatable bonds is 6. The SMILES string of the molecule is CN=C(C(=NO)OC)c1ccccc1CO/N=C(\C)c1cccc(C(F)(F)F)c1.O. The first-order valence-electron chi connectivity index (χ1n) is 8.47. The van der Waals surface area contributed by atoms with Gasteiger partial charge in [0.25, 0.3) is 5.90 Å². The van der Waals surface area contributed by atoms with Crippen molar-refractivity contribution >= 4 is 17.3 Å². The second kappa shape index (κ2) is 11.0. The lowest BCUT2D eigenvalue weighted by molar-refractivity contribution is -0.137. The van der Waals surface area contributed by atoms with Crippen LogP contribution in [0.25, 0.3) is 0 Å². The van der Waals surface area contributed by atoms with Crippen LogP contribution in [0.1, 0.15) is 29.2 Å². The summed E-state index contributed by atoms with van der Waals surface area (Å²) in [6.07, 6.45) is -4.43. The van der Waals surface area contributed by atoms with E-state index in [2.05, 4.69) is 15.3 Å². The van der Waals surface area contributed by atoms with Crippen LogP contribution in [0.4, 0.5) is 13.2 Å². The molecule has 0 heterocycles. The molecule has 0 aliphatic heterocycles. The van der Waals surface area contributed by atoms with Gasteiger partial charge in [-0.05, 0) is 29.8 Å². The Hall–Kier alpha value is -3.40. The van der Waals surface area contributed by atoms with Crippen molar-refractivity contribution in [1.82, 2.24) is 0 Å². The Bertz CT molecular complexity index is 941. The van der Waals surface area contributed by atoms with Crippen molar-refractivity contribution in [3.05, 3.63) is 70.8 Å². The Labute approximate surface area is 171 Å².